The summed E-state index contributed by atoms with van der Waals surface area (Å²) >= 11 is 0. The zero-order valence-electron chi connectivity index (χ0n) is 14.7. The molecule has 0 fully saturated rings. The Bertz CT molecular complexity index is 611. The number of hydrogen-bond acceptors (Lipinski definition) is 1. The van der Waals surface area contributed by atoms with Crippen molar-refractivity contribution in [3.8, 4) is 0 Å². The van der Waals surface area contributed by atoms with Crippen LogP contribution in [-0.4, -0.2) is 12.5 Å². The molecule has 0 heterocycles. The van der Waals surface area contributed by atoms with Crippen molar-refractivity contribution in [2.24, 2.45) is 5.41 Å². The Hall–Kier alpha value is -1.84. The van der Waals surface area contributed by atoms with Gasteiger partial charge in [0, 0.05) is 0 Å². The third kappa shape index (κ3) is 5.99. The Labute approximate surface area is 142 Å². The second kappa shape index (κ2) is 8.32. The zero-order valence-corrected chi connectivity index (χ0v) is 14.7. The van der Waals surface area contributed by atoms with Crippen molar-refractivity contribution in [2.75, 3.05) is 0 Å². The summed E-state index contributed by atoms with van der Waals surface area (Å²) in [6, 6.07) is 0. The van der Waals surface area contributed by atoms with Crippen LogP contribution < -0.4 is 0 Å². The second-order valence-corrected chi connectivity index (χ2v) is 6.79. The van der Waals surface area contributed by atoms with Gasteiger partial charge in [-0.1, -0.05) is 49.3 Å². The third-order valence-electron chi connectivity index (χ3n) is 4.27. The molecule has 0 spiro atoms. The summed E-state index contributed by atoms with van der Waals surface area (Å²) in [5.41, 5.74) is 2.70. The normalized spacial score (nSPS) is 20.3. The first-order valence-electron chi connectivity index (χ1n) is 8.04. The van der Waals surface area contributed by atoms with E-state index in [0.29, 0.717) is 6.08 Å². The van der Waals surface area contributed by atoms with Crippen LogP contribution in [0.5, 0.6) is 0 Å². The fourth-order valence-corrected chi connectivity index (χ4v) is 2.90. The van der Waals surface area contributed by atoms with E-state index in [1.54, 1.807) is 6.08 Å². The number of carbonyl (C=O) groups is 1. The highest BCUT2D eigenvalue weighted by atomic mass is 19.4. The van der Waals surface area contributed by atoms with Gasteiger partial charge in [-0.15, -0.1) is 0 Å². The molecule has 0 bridgehead atoms. The monoisotopic (exact) mass is 338 g/mol. The SMILES string of the molecule is CC1=C(/C=C/C(C)=C/C=C/C(=C/C=O)C(F)(F)F)C(C)(C)CCC1. The lowest BCUT2D eigenvalue weighted by molar-refractivity contribution is -0.106. The van der Waals surface area contributed by atoms with Crippen LogP contribution in [0.25, 0.3) is 0 Å². The van der Waals surface area contributed by atoms with Crippen LogP contribution in [0.4, 0.5) is 13.2 Å². The first-order valence-corrected chi connectivity index (χ1v) is 8.04. The molecule has 1 aliphatic carbocycles. The quantitative estimate of drug-likeness (QED) is 0.328. The highest BCUT2D eigenvalue weighted by Crippen LogP contribution is 2.40. The Balaban J connectivity index is 2.89. The lowest BCUT2D eigenvalue weighted by atomic mass is 9.72. The summed E-state index contributed by atoms with van der Waals surface area (Å²) in [4.78, 5) is 10.3. The first-order chi connectivity index (χ1) is 11.1. The molecule has 1 aliphatic rings. The van der Waals surface area contributed by atoms with Crippen LogP contribution in [0, 0.1) is 5.41 Å². The second-order valence-electron chi connectivity index (χ2n) is 6.79. The molecular formula is C20H25F3O. The maximum Gasteiger partial charge on any atom is 0.416 e. The molecule has 132 valence electrons. The van der Waals surface area contributed by atoms with Crippen molar-refractivity contribution in [2.45, 2.75) is 53.1 Å². The Morgan fingerprint density at radius 1 is 1.17 bits per heavy atom. The largest absolute Gasteiger partial charge is 0.416 e. The number of halogens is 3. The molecule has 0 aliphatic heterocycles. The highest BCUT2D eigenvalue weighted by molar-refractivity contribution is 5.67. The lowest BCUT2D eigenvalue weighted by Gasteiger charge is -2.32. The minimum atomic E-state index is -4.52. The molecule has 1 rings (SSSR count). The lowest BCUT2D eigenvalue weighted by Crippen LogP contribution is -2.19. The van der Waals surface area contributed by atoms with E-state index < -0.39 is 11.7 Å². The van der Waals surface area contributed by atoms with Gasteiger partial charge in [0.25, 0.3) is 0 Å². The molecule has 4 heteroatoms. The Morgan fingerprint density at radius 3 is 2.38 bits per heavy atom. The van der Waals surface area contributed by atoms with Crippen LogP contribution in [0.15, 0.2) is 58.7 Å². The molecule has 0 unspecified atom stereocenters. The van der Waals surface area contributed by atoms with Gasteiger partial charge >= 0.3 is 6.18 Å². The highest BCUT2D eigenvalue weighted by Gasteiger charge is 2.31. The van der Waals surface area contributed by atoms with Gasteiger partial charge in [0.05, 0.1) is 5.57 Å². The van der Waals surface area contributed by atoms with Crippen molar-refractivity contribution < 1.29 is 18.0 Å². The van der Waals surface area contributed by atoms with Gasteiger partial charge in [-0.05, 0) is 56.3 Å². The van der Waals surface area contributed by atoms with E-state index in [1.165, 1.54) is 23.6 Å². The maximum atomic E-state index is 12.6. The smallest absolute Gasteiger partial charge is 0.299 e. The standard InChI is InChI=1S/C20H25F3O/c1-15(7-5-9-17(12-14-24)20(21,22)23)10-11-18-16(2)8-6-13-19(18,3)4/h5,7,9-12,14H,6,8,13H2,1-4H3/b9-5+,11-10+,15-7+,17-12-. The summed E-state index contributed by atoms with van der Waals surface area (Å²) in [5, 5.41) is 0. The number of alkyl halides is 3. The predicted octanol–water partition coefficient (Wildman–Crippen LogP) is 6.26. The van der Waals surface area contributed by atoms with E-state index in [1.807, 2.05) is 13.0 Å². The van der Waals surface area contributed by atoms with E-state index in [2.05, 4.69) is 26.8 Å². The van der Waals surface area contributed by atoms with Crippen LogP contribution in [0.1, 0.15) is 47.0 Å². The van der Waals surface area contributed by atoms with E-state index >= 15 is 0 Å². The van der Waals surface area contributed by atoms with Gasteiger partial charge in [0.2, 0.25) is 0 Å². The zero-order chi connectivity index (χ0) is 18.4. The number of allylic oxidation sites excluding steroid dienone is 10. The van der Waals surface area contributed by atoms with Crippen molar-refractivity contribution in [3.05, 3.63) is 58.7 Å². The van der Waals surface area contributed by atoms with Crippen LogP contribution in [0.2, 0.25) is 0 Å². The molecule has 0 radical (unpaired) electrons. The molecule has 0 aromatic carbocycles. The molecule has 24 heavy (non-hydrogen) atoms. The summed E-state index contributed by atoms with van der Waals surface area (Å²) < 4.78 is 37.9. The van der Waals surface area contributed by atoms with Crippen molar-refractivity contribution in [1.82, 2.24) is 0 Å². The number of rotatable bonds is 5. The molecule has 0 amide bonds. The van der Waals surface area contributed by atoms with Crippen molar-refractivity contribution in [1.29, 1.82) is 0 Å². The fraction of sp³-hybridized carbons (Fsp3) is 0.450. The van der Waals surface area contributed by atoms with E-state index in [4.69, 9.17) is 0 Å². The number of carbonyl (C=O) groups excluding carboxylic acids is 1. The molecule has 0 aromatic heterocycles. The van der Waals surface area contributed by atoms with Crippen LogP contribution >= 0.6 is 0 Å². The van der Waals surface area contributed by atoms with E-state index in [9.17, 15) is 18.0 Å². The van der Waals surface area contributed by atoms with E-state index in [0.717, 1.165) is 24.5 Å². The topological polar surface area (TPSA) is 17.1 Å². The van der Waals surface area contributed by atoms with Gasteiger partial charge in [-0.3, -0.25) is 4.79 Å². The molecule has 0 atom stereocenters. The van der Waals surface area contributed by atoms with E-state index in [-0.39, 0.29) is 11.7 Å². The summed E-state index contributed by atoms with van der Waals surface area (Å²) in [6.07, 6.45) is 7.38. The maximum absolute atomic E-state index is 12.6. The molecule has 0 saturated carbocycles. The summed E-state index contributed by atoms with van der Waals surface area (Å²) in [6.45, 7) is 8.41. The summed E-state index contributed by atoms with van der Waals surface area (Å²) in [5.74, 6) is 0. The minimum absolute atomic E-state index is 0.130. The van der Waals surface area contributed by atoms with Gasteiger partial charge in [-0.2, -0.15) is 13.2 Å². The van der Waals surface area contributed by atoms with Crippen molar-refractivity contribution >= 4 is 6.29 Å². The molecule has 0 N–H and O–H groups in total. The predicted molar refractivity (Wildman–Crippen MR) is 92.6 cm³/mol. The molecule has 0 saturated heterocycles. The van der Waals surface area contributed by atoms with Crippen LogP contribution in [0.3, 0.4) is 0 Å². The molecular weight excluding hydrogens is 313 g/mol. The van der Waals surface area contributed by atoms with Gasteiger partial charge in [0.15, 0.2) is 0 Å². The van der Waals surface area contributed by atoms with Gasteiger partial charge in [0.1, 0.15) is 6.29 Å². The Morgan fingerprint density at radius 2 is 1.83 bits per heavy atom. The number of hydrogen-bond donors (Lipinski definition) is 0. The third-order valence-corrected chi connectivity index (χ3v) is 4.27. The molecule has 1 nitrogen and oxygen atoms in total. The van der Waals surface area contributed by atoms with Gasteiger partial charge < -0.3 is 0 Å². The number of aldehydes is 1. The minimum Gasteiger partial charge on any atom is -0.299 e. The molecule has 0 aromatic rings. The van der Waals surface area contributed by atoms with Gasteiger partial charge in [-0.25, -0.2) is 0 Å². The fourth-order valence-electron chi connectivity index (χ4n) is 2.90. The van der Waals surface area contributed by atoms with Crippen molar-refractivity contribution in [3.63, 3.8) is 0 Å². The Kier molecular flexibility index (Phi) is 7.00. The average Bonchev–Trinajstić information content (AvgIpc) is 2.44. The first kappa shape index (κ1) is 20.2. The average molecular weight is 338 g/mol. The van der Waals surface area contributed by atoms with Crippen LogP contribution in [-0.2, 0) is 4.79 Å². The summed E-state index contributed by atoms with van der Waals surface area (Å²) in [7, 11) is 0.